The van der Waals surface area contributed by atoms with Crippen molar-refractivity contribution in [3.05, 3.63) is 132 Å². The molecule has 4 N–H and O–H groups in total. The number of aromatic nitrogens is 8. The average Bonchev–Trinajstić information content (AvgIpc) is 4.11. The number of ether oxygens (including phenoxy) is 3. The Morgan fingerprint density at radius 1 is 0.899 bits per heavy atom. The molecule has 8 rings (SSSR count). The standard InChI is InChI=1S/C20H15F3N6O2.C15H12F3N3.C9H15N3O3.C2H6/c1-2-31-19-24-10-9-16(27-19)26-18(30)15-11-25-17-8-7-14(28-29(15)17)12-5-3-4-6-13(12)20(21,22)23;1-9-7-13(20-21-10(2)8-19-14(9)21)11-5-3-4-6-12(11)15(16,17)18;10-9(12-6-13)1-3-11-7-15-8-2-4-14-5-8;1-2/h3-11H,2H2,1H3,(H,24,26,27,30);3-8H,1-2H3;1,3,6,8,11H,2,4-5,7H2,(H2,10,12,13);1-2H3/b;;3-1-;. The van der Waals surface area contributed by atoms with Crippen LogP contribution in [0.25, 0.3) is 33.8 Å². The SMILES string of the molecule is CC.CCOc1nccc(NC(=O)c2cnc3ccc(-c4ccccc4C(F)(F)F)nn23)n1.Cc1cc(-c2ccccc2C(F)(F)F)nn2c(C)cnc12.NC(/C=C\NCOC1CCOC1)=NC=O. The molecule has 2 amide bonds. The van der Waals surface area contributed by atoms with Crippen molar-refractivity contribution in [3.8, 4) is 28.5 Å². The summed E-state index contributed by atoms with van der Waals surface area (Å²) in [5.74, 6) is -0.249. The molecule has 1 unspecified atom stereocenters. The Morgan fingerprint density at radius 3 is 2.20 bits per heavy atom. The molecule has 0 radical (unpaired) electrons. The van der Waals surface area contributed by atoms with Crippen LogP contribution in [0.2, 0.25) is 0 Å². The molecular formula is C46H48F6N12O5. The van der Waals surface area contributed by atoms with Crippen LogP contribution in [0.5, 0.6) is 6.01 Å². The number of carbonyl (C=O) groups excluding carboxylic acids is 2. The Bertz CT molecular complexity index is 2880. The molecule has 0 spiro atoms. The molecule has 1 aliphatic heterocycles. The van der Waals surface area contributed by atoms with Crippen LogP contribution in [0.15, 0.2) is 109 Å². The van der Waals surface area contributed by atoms with E-state index in [-0.39, 0.29) is 52.0 Å². The molecule has 17 nitrogen and oxygen atoms in total. The van der Waals surface area contributed by atoms with Gasteiger partial charge in [-0.3, -0.25) is 9.59 Å². The van der Waals surface area contributed by atoms with Crippen LogP contribution >= 0.6 is 0 Å². The molecule has 1 atom stereocenters. The van der Waals surface area contributed by atoms with Gasteiger partial charge in [-0.15, -0.1) is 0 Å². The number of imidazole rings is 2. The number of nitrogens with zero attached hydrogens (tertiary/aromatic N) is 9. The Hall–Kier alpha value is -7.79. The van der Waals surface area contributed by atoms with Gasteiger partial charge in [0.15, 0.2) is 17.0 Å². The van der Waals surface area contributed by atoms with E-state index in [4.69, 9.17) is 19.9 Å². The molecule has 6 heterocycles. The lowest BCUT2D eigenvalue weighted by molar-refractivity contribution is -0.137. The summed E-state index contributed by atoms with van der Waals surface area (Å²) in [6.07, 6.45) is -0.0402. The summed E-state index contributed by atoms with van der Waals surface area (Å²) < 4.78 is 98.0. The first-order valence-corrected chi connectivity index (χ1v) is 21.2. The van der Waals surface area contributed by atoms with Gasteiger partial charge in [0, 0.05) is 30.1 Å². The summed E-state index contributed by atoms with van der Waals surface area (Å²) in [5, 5.41) is 14.0. The second kappa shape index (κ2) is 24.3. The highest BCUT2D eigenvalue weighted by Gasteiger charge is 2.35. The number of hydrogen-bond acceptors (Lipinski definition) is 12. The fraction of sp³-hybridized carbons (Fsp3) is 0.283. The Kier molecular flexibility index (Phi) is 18.4. The van der Waals surface area contributed by atoms with E-state index < -0.39 is 29.4 Å². The van der Waals surface area contributed by atoms with Gasteiger partial charge in [-0.1, -0.05) is 50.2 Å². The summed E-state index contributed by atoms with van der Waals surface area (Å²) in [7, 11) is 0. The largest absolute Gasteiger partial charge is 0.464 e. The van der Waals surface area contributed by atoms with Gasteiger partial charge in [0.25, 0.3) is 5.91 Å². The minimum atomic E-state index is -4.55. The van der Waals surface area contributed by atoms with Crippen molar-refractivity contribution >= 4 is 35.3 Å². The average molecular weight is 963 g/mol. The molecule has 69 heavy (non-hydrogen) atoms. The Balaban J connectivity index is 0.000000203. The van der Waals surface area contributed by atoms with Crippen molar-refractivity contribution in [2.45, 2.75) is 59.5 Å². The number of halogens is 6. The van der Waals surface area contributed by atoms with Gasteiger partial charge in [-0.05, 0) is 75.2 Å². The van der Waals surface area contributed by atoms with E-state index in [0.717, 1.165) is 36.4 Å². The summed E-state index contributed by atoms with van der Waals surface area (Å²) in [4.78, 5) is 42.3. The first kappa shape index (κ1) is 52.2. The summed E-state index contributed by atoms with van der Waals surface area (Å²) in [6.45, 7) is 11.6. The number of fused-ring (bicyclic) bond motifs is 2. The predicted molar refractivity (Wildman–Crippen MR) is 244 cm³/mol. The van der Waals surface area contributed by atoms with Crippen molar-refractivity contribution in [1.82, 2.24) is 44.5 Å². The number of amidine groups is 1. The van der Waals surface area contributed by atoms with Crippen molar-refractivity contribution in [1.29, 1.82) is 0 Å². The van der Waals surface area contributed by atoms with Crippen LogP contribution in [-0.4, -0.2) is 90.0 Å². The molecule has 0 aliphatic carbocycles. The van der Waals surface area contributed by atoms with Gasteiger partial charge in [-0.25, -0.2) is 24.0 Å². The highest BCUT2D eigenvalue weighted by molar-refractivity contribution is 6.02. The lowest BCUT2D eigenvalue weighted by Gasteiger charge is -2.13. The van der Waals surface area contributed by atoms with Crippen molar-refractivity contribution in [3.63, 3.8) is 0 Å². The van der Waals surface area contributed by atoms with Gasteiger partial charge in [0.05, 0.1) is 59.9 Å². The zero-order valence-electron chi connectivity index (χ0n) is 37.9. The maximum Gasteiger partial charge on any atom is 0.417 e. The molecule has 0 bridgehead atoms. The molecule has 1 saturated heterocycles. The van der Waals surface area contributed by atoms with E-state index in [1.54, 1.807) is 36.0 Å². The summed E-state index contributed by atoms with van der Waals surface area (Å²) >= 11 is 0. The predicted octanol–water partition coefficient (Wildman–Crippen LogP) is 8.28. The van der Waals surface area contributed by atoms with Crippen LogP contribution in [0.4, 0.5) is 32.2 Å². The summed E-state index contributed by atoms with van der Waals surface area (Å²) in [5.41, 5.74) is 6.66. The van der Waals surface area contributed by atoms with Gasteiger partial charge in [0.1, 0.15) is 18.4 Å². The zero-order chi connectivity index (χ0) is 50.1. The number of nitrogens with two attached hydrogens (primary N) is 1. The molecule has 2 aromatic carbocycles. The van der Waals surface area contributed by atoms with Crippen LogP contribution in [-0.2, 0) is 26.6 Å². The number of hydrogen-bond donors (Lipinski definition) is 3. The monoisotopic (exact) mass is 962 g/mol. The molecule has 7 aromatic rings. The molecule has 5 aromatic heterocycles. The number of anilines is 1. The van der Waals surface area contributed by atoms with Gasteiger partial charge < -0.3 is 30.6 Å². The van der Waals surface area contributed by atoms with Crippen LogP contribution < -0.4 is 21.1 Å². The van der Waals surface area contributed by atoms with Crippen LogP contribution in [0, 0.1) is 13.8 Å². The normalized spacial score (nSPS) is 13.7. The topological polar surface area (TPSA) is 210 Å². The molecule has 1 aliphatic rings. The summed E-state index contributed by atoms with van der Waals surface area (Å²) in [6, 6.07) is 16.7. The quantitative estimate of drug-likeness (QED) is 0.0263. The van der Waals surface area contributed by atoms with Gasteiger partial charge >= 0.3 is 18.4 Å². The lowest BCUT2D eigenvalue weighted by atomic mass is 10.0. The number of amides is 2. The number of rotatable bonds is 12. The number of aliphatic imine (C=N–C) groups is 1. The van der Waals surface area contributed by atoms with Gasteiger partial charge in [-0.2, -0.15) is 46.5 Å². The minimum absolute atomic E-state index is 0.0258. The third-order valence-corrected chi connectivity index (χ3v) is 9.45. The first-order chi connectivity index (χ1) is 33.1. The highest BCUT2D eigenvalue weighted by Crippen LogP contribution is 2.37. The Labute approximate surface area is 391 Å². The van der Waals surface area contributed by atoms with E-state index in [0.29, 0.717) is 37.6 Å². The molecule has 1 fully saturated rings. The van der Waals surface area contributed by atoms with Crippen molar-refractivity contribution < 1.29 is 50.1 Å². The second-order valence-electron chi connectivity index (χ2n) is 14.2. The minimum Gasteiger partial charge on any atom is -0.464 e. The molecular weight excluding hydrogens is 915 g/mol. The molecule has 364 valence electrons. The second-order valence-corrected chi connectivity index (χ2v) is 14.2. The highest BCUT2D eigenvalue weighted by atomic mass is 19.4. The molecule has 23 heteroatoms. The van der Waals surface area contributed by atoms with Crippen LogP contribution in [0.3, 0.4) is 0 Å². The fourth-order valence-corrected chi connectivity index (χ4v) is 6.34. The van der Waals surface area contributed by atoms with E-state index in [1.807, 2.05) is 27.7 Å². The number of carbonyl (C=O) groups is 2. The van der Waals surface area contributed by atoms with Gasteiger partial charge in [0.2, 0.25) is 6.41 Å². The maximum atomic E-state index is 13.4. The van der Waals surface area contributed by atoms with E-state index >= 15 is 0 Å². The zero-order valence-corrected chi connectivity index (χ0v) is 37.9. The fourth-order valence-electron chi connectivity index (χ4n) is 6.34. The number of benzene rings is 2. The Morgan fingerprint density at radius 2 is 1.57 bits per heavy atom. The first-order valence-electron chi connectivity index (χ1n) is 21.2. The number of aryl methyl sites for hydroxylation is 2. The van der Waals surface area contributed by atoms with Crippen LogP contribution in [0.1, 0.15) is 60.1 Å². The molecule has 0 saturated carbocycles. The maximum absolute atomic E-state index is 13.4. The third kappa shape index (κ3) is 14.1. The van der Waals surface area contributed by atoms with E-state index in [1.165, 1.54) is 71.5 Å². The third-order valence-electron chi connectivity index (χ3n) is 9.45. The smallest absolute Gasteiger partial charge is 0.417 e. The number of nitrogens with one attached hydrogen (secondary N) is 2. The van der Waals surface area contributed by atoms with E-state index in [2.05, 4.69) is 45.8 Å². The van der Waals surface area contributed by atoms with E-state index in [9.17, 15) is 35.9 Å². The number of alkyl halides is 6. The van der Waals surface area contributed by atoms with Crippen molar-refractivity contribution in [2.24, 2.45) is 10.7 Å². The van der Waals surface area contributed by atoms with Crippen molar-refractivity contribution in [2.75, 3.05) is 31.9 Å². The lowest BCUT2D eigenvalue weighted by Crippen LogP contribution is -2.20.